The van der Waals surface area contributed by atoms with Crippen LogP contribution in [0.1, 0.15) is 11.3 Å². The van der Waals surface area contributed by atoms with Crippen molar-refractivity contribution in [3.05, 3.63) is 46.4 Å². The average Bonchev–Trinajstić information content (AvgIpc) is 2.77. The van der Waals surface area contributed by atoms with Crippen molar-refractivity contribution >= 4 is 11.3 Å². The first-order valence-corrected chi connectivity index (χ1v) is 6.14. The molecule has 0 aliphatic rings. The van der Waals surface area contributed by atoms with Gasteiger partial charge in [0, 0.05) is 24.9 Å². The minimum absolute atomic E-state index is 0.318. The average molecular weight is 234 g/mol. The maximum Gasteiger partial charge on any atom is 0.115 e. The molecule has 2 rings (SSSR count). The minimum atomic E-state index is 0.318. The molecule has 0 unspecified atom stereocenters. The predicted octanol–water partition coefficient (Wildman–Crippen LogP) is 2.18. The van der Waals surface area contributed by atoms with Gasteiger partial charge in [0.25, 0.3) is 0 Å². The quantitative estimate of drug-likeness (QED) is 0.779. The SMILES string of the molecule is Oc1cccc(CNCCc2cscn2)c1. The largest absolute Gasteiger partial charge is 0.508 e. The van der Waals surface area contributed by atoms with Crippen LogP contribution in [0, 0.1) is 0 Å². The molecule has 0 bridgehead atoms. The number of rotatable bonds is 5. The molecule has 1 aromatic heterocycles. The van der Waals surface area contributed by atoms with Crippen molar-refractivity contribution in [2.75, 3.05) is 6.54 Å². The van der Waals surface area contributed by atoms with Gasteiger partial charge in [0.05, 0.1) is 11.2 Å². The summed E-state index contributed by atoms with van der Waals surface area (Å²) in [4.78, 5) is 4.21. The Morgan fingerprint density at radius 2 is 2.31 bits per heavy atom. The van der Waals surface area contributed by atoms with Gasteiger partial charge in [-0.2, -0.15) is 0 Å². The summed E-state index contributed by atoms with van der Waals surface area (Å²) in [6, 6.07) is 7.30. The normalized spacial score (nSPS) is 10.5. The summed E-state index contributed by atoms with van der Waals surface area (Å²) >= 11 is 1.62. The second-order valence-corrected chi connectivity index (χ2v) is 4.30. The molecule has 0 radical (unpaired) electrons. The molecule has 0 amide bonds. The van der Waals surface area contributed by atoms with Gasteiger partial charge in [-0.05, 0) is 17.7 Å². The topological polar surface area (TPSA) is 45.1 Å². The van der Waals surface area contributed by atoms with E-state index in [1.807, 2.05) is 17.6 Å². The van der Waals surface area contributed by atoms with E-state index in [0.29, 0.717) is 5.75 Å². The van der Waals surface area contributed by atoms with Gasteiger partial charge >= 0.3 is 0 Å². The van der Waals surface area contributed by atoms with Gasteiger partial charge in [-0.3, -0.25) is 0 Å². The first-order valence-electron chi connectivity index (χ1n) is 5.20. The molecule has 0 atom stereocenters. The van der Waals surface area contributed by atoms with Crippen LogP contribution in [0.5, 0.6) is 5.75 Å². The number of benzene rings is 1. The van der Waals surface area contributed by atoms with Crippen molar-refractivity contribution in [1.82, 2.24) is 10.3 Å². The van der Waals surface area contributed by atoms with E-state index in [-0.39, 0.29) is 0 Å². The van der Waals surface area contributed by atoms with E-state index in [9.17, 15) is 5.11 Å². The molecule has 0 saturated carbocycles. The van der Waals surface area contributed by atoms with Gasteiger partial charge < -0.3 is 10.4 Å². The number of nitrogens with zero attached hydrogens (tertiary/aromatic N) is 1. The minimum Gasteiger partial charge on any atom is -0.508 e. The zero-order chi connectivity index (χ0) is 11.2. The lowest BCUT2D eigenvalue weighted by atomic mass is 10.2. The van der Waals surface area contributed by atoms with Gasteiger partial charge in [-0.15, -0.1) is 11.3 Å². The molecule has 0 aliphatic heterocycles. The molecule has 0 saturated heterocycles. The molecule has 84 valence electrons. The Balaban J connectivity index is 1.72. The fourth-order valence-electron chi connectivity index (χ4n) is 1.48. The number of thiazole rings is 1. The van der Waals surface area contributed by atoms with Crippen LogP contribution in [0.2, 0.25) is 0 Å². The van der Waals surface area contributed by atoms with Gasteiger partial charge in [-0.1, -0.05) is 12.1 Å². The monoisotopic (exact) mass is 234 g/mol. The Bertz CT molecular complexity index is 428. The summed E-state index contributed by atoms with van der Waals surface area (Å²) in [5, 5.41) is 14.7. The summed E-state index contributed by atoms with van der Waals surface area (Å²) in [5.74, 6) is 0.318. The van der Waals surface area contributed by atoms with Crippen LogP contribution in [-0.2, 0) is 13.0 Å². The molecular weight excluding hydrogens is 220 g/mol. The molecule has 0 fully saturated rings. The van der Waals surface area contributed by atoms with Crippen LogP contribution in [0.3, 0.4) is 0 Å². The summed E-state index contributed by atoms with van der Waals surface area (Å²) in [5.41, 5.74) is 4.08. The van der Waals surface area contributed by atoms with Crippen molar-refractivity contribution < 1.29 is 5.11 Å². The third kappa shape index (κ3) is 3.32. The first-order chi connectivity index (χ1) is 7.84. The zero-order valence-corrected chi connectivity index (χ0v) is 9.70. The highest BCUT2D eigenvalue weighted by molar-refractivity contribution is 7.07. The molecule has 0 aliphatic carbocycles. The fraction of sp³-hybridized carbons (Fsp3) is 0.250. The maximum atomic E-state index is 9.28. The Labute approximate surface area is 98.8 Å². The molecular formula is C12H14N2OS. The van der Waals surface area contributed by atoms with Crippen LogP contribution in [-0.4, -0.2) is 16.6 Å². The number of aromatic nitrogens is 1. The van der Waals surface area contributed by atoms with Crippen molar-refractivity contribution in [3.8, 4) is 5.75 Å². The maximum absolute atomic E-state index is 9.28. The van der Waals surface area contributed by atoms with Gasteiger partial charge in [0.1, 0.15) is 5.75 Å². The Kier molecular flexibility index (Phi) is 3.91. The molecule has 1 aromatic carbocycles. The second kappa shape index (κ2) is 5.63. The number of nitrogens with one attached hydrogen (secondary N) is 1. The number of phenols is 1. The Morgan fingerprint density at radius 1 is 1.38 bits per heavy atom. The zero-order valence-electron chi connectivity index (χ0n) is 8.89. The van der Waals surface area contributed by atoms with Crippen LogP contribution < -0.4 is 5.32 Å². The highest BCUT2D eigenvalue weighted by atomic mass is 32.1. The Morgan fingerprint density at radius 3 is 3.06 bits per heavy atom. The van der Waals surface area contributed by atoms with E-state index in [1.54, 1.807) is 23.5 Å². The highest BCUT2D eigenvalue weighted by Crippen LogP contribution is 2.10. The van der Waals surface area contributed by atoms with Crippen molar-refractivity contribution in [2.24, 2.45) is 0 Å². The lowest BCUT2D eigenvalue weighted by Gasteiger charge is -2.04. The Hall–Kier alpha value is -1.39. The summed E-state index contributed by atoms with van der Waals surface area (Å²) < 4.78 is 0. The second-order valence-electron chi connectivity index (χ2n) is 3.58. The first kappa shape index (κ1) is 11.1. The molecule has 2 N–H and O–H groups in total. The predicted molar refractivity (Wildman–Crippen MR) is 65.6 cm³/mol. The lowest BCUT2D eigenvalue weighted by Crippen LogP contribution is -2.16. The standard InChI is InChI=1S/C12H14N2OS/c15-12-3-1-2-10(6-12)7-13-5-4-11-8-16-9-14-11/h1-3,6,8-9,13,15H,4-5,7H2. The van der Waals surface area contributed by atoms with E-state index in [2.05, 4.69) is 15.7 Å². The highest BCUT2D eigenvalue weighted by Gasteiger charge is 1.96. The van der Waals surface area contributed by atoms with Crippen molar-refractivity contribution in [1.29, 1.82) is 0 Å². The fourth-order valence-corrected chi connectivity index (χ4v) is 2.07. The number of aromatic hydroxyl groups is 1. The molecule has 2 aromatic rings. The third-order valence-electron chi connectivity index (χ3n) is 2.28. The van der Waals surface area contributed by atoms with Crippen LogP contribution >= 0.6 is 11.3 Å². The smallest absolute Gasteiger partial charge is 0.115 e. The van der Waals surface area contributed by atoms with Crippen LogP contribution in [0.4, 0.5) is 0 Å². The van der Waals surface area contributed by atoms with E-state index >= 15 is 0 Å². The lowest BCUT2D eigenvalue weighted by molar-refractivity contribution is 0.474. The van der Waals surface area contributed by atoms with Crippen LogP contribution in [0.25, 0.3) is 0 Å². The summed E-state index contributed by atoms with van der Waals surface area (Å²) in [7, 11) is 0. The van der Waals surface area contributed by atoms with Gasteiger partial charge in [0.2, 0.25) is 0 Å². The van der Waals surface area contributed by atoms with E-state index in [0.717, 1.165) is 30.8 Å². The van der Waals surface area contributed by atoms with E-state index in [1.165, 1.54) is 0 Å². The molecule has 4 heteroatoms. The number of hydrogen-bond acceptors (Lipinski definition) is 4. The van der Waals surface area contributed by atoms with Crippen molar-refractivity contribution in [2.45, 2.75) is 13.0 Å². The van der Waals surface area contributed by atoms with E-state index < -0.39 is 0 Å². The van der Waals surface area contributed by atoms with Gasteiger partial charge in [0.15, 0.2) is 0 Å². The molecule has 0 spiro atoms. The molecule has 16 heavy (non-hydrogen) atoms. The summed E-state index contributed by atoms with van der Waals surface area (Å²) in [6.07, 6.45) is 0.947. The molecule has 3 nitrogen and oxygen atoms in total. The third-order valence-corrected chi connectivity index (χ3v) is 2.92. The molecule has 1 heterocycles. The van der Waals surface area contributed by atoms with Crippen LogP contribution in [0.15, 0.2) is 35.2 Å². The van der Waals surface area contributed by atoms with Crippen molar-refractivity contribution in [3.63, 3.8) is 0 Å². The summed E-state index contributed by atoms with van der Waals surface area (Å²) in [6.45, 7) is 1.68. The van der Waals surface area contributed by atoms with Gasteiger partial charge in [-0.25, -0.2) is 4.98 Å². The number of hydrogen-bond donors (Lipinski definition) is 2. The number of phenolic OH excluding ortho intramolecular Hbond substituents is 1. The van der Waals surface area contributed by atoms with E-state index in [4.69, 9.17) is 0 Å².